The Labute approximate surface area is 82.2 Å². The molecule has 0 unspecified atom stereocenters. The molecular formula is C11H12N2O. The summed E-state index contributed by atoms with van der Waals surface area (Å²) < 4.78 is 0. The SMILES string of the molecule is Nc1ccc2c(c1)/C(=N\O)C1CC2C1. The van der Waals surface area contributed by atoms with Crippen LogP contribution >= 0.6 is 0 Å². The van der Waals surface area contributed by atoms with Crippen molar-refractivity contribution in [2.24, 2.45) is 11.1 Å². The van der Waals surface area contributed by atoms with E-state index in [0.717, 1.165) is 29.8 Å². The molecule has 1 aromatic rings. The van der Waals surface area contributed by atoms with E-state index in [4.69, 9.17) is 10.9 Å². The average molecular weight is 188 g/mol. The normalized spacial score (nSPS) is 31.0. The van der Waals surface area contributed by atoms with Crippen molar-refractivity contribution >= 4 is 11.4 Å². The van der Waals surface area contributed by atoms with Crippen LogP contribution in [0.5, 0.6) is 0 Å². The molecule has 1 aromatic carbocycles. The number of nitrogens with two attached hydrogens (primary N) is 1. The molecule has 0 atom stereocenters. The molecule has 3 aliphatic rings. The van der Waals surface area contributed by atoms with E-state index in [1.54, 1.807) is 0 Å². The molecule has 14 heavy (non-hydrogen) atoms. The van der Waals surface area contributed by atoms with Gasteiger partial charge in [-0.05, 0) is 36.5 Å². The van der Waals surface area contributed by atoms with E-state index in [1.165, 1.54) is 5.56 Å². The van der Waals surface area contributed by atoms with Crippen LogP contribution in [0.3, 0.4) is 0 Å². The topological polar surface area (TPSA) is 58.6 Å². The maximum atomic E-state index is 8.97. The number of benzene rings is 1. The zero-order valence-electron chi connectivity index (χ0n) is 7.77. The Bertz CT molecular complexity index is 419. The molecule has 3 heteroatoms. The molecule has 3 N–H and O–H groups in total. The molecule has 3 aliphatic carbocycles. The van der Waals surface area contributed by atoms with Crippen molar-refractivity contribution in [3.63, 3.8) is 0 Å². The summed E-state index contributed by atoms with van der Waals surface area (Å²) in [7, 11) is 0. The van der Waals surface area contributed by atoms with Gasteiger partial charge in [-0.25, -0.2) is 0 Å². The Morgan fingerprint density at radius 2 is 2.07 bits per heavy atom. The number of hydrogen-bond donors (Lipinski definition) is 2. The quantitative estimate of drug-likeness (QED) is 0.371. The van der Waals surface area contributed by atoms with E-state index in [1.807, 2.05) is 12.1 Å². The molecule has 1 saturated carbocycles. The van der Waals surface area contributed by atoms with E-state index in [9.17, 15) is 0 Å². The van der Waals surface area contributed by atoms with Gasteiger partial charge in [0.15, 0.2) is 0 Å². The lowest BCUT2D eigenvalue weighted by Gasteiger charge is -2.42. The van der Waals surface area contributed by atoms with Crippen molar-refractivity contribution in [1.29, 1.82) is 0 Å². The average Bonchev–Trinajstić information content (AvgIpc) is 2.14. The lowest BCUT2D eigenvalue weighted by molar-refractivity contribution is 0.287. The number of hydrogen-bond acceptors (Lipinski definition) is 3. The molecule has 4 rings (SSSR count). The summed E-state index contributed by atoms with van der Waals surface area (Å²) in [5.74, 6) is 1.13. The number of nitrogen functional groups attached to an aromatic ring is 1. The first kappa shape index (κ1) is 7.85. The Morgan fingerprint density at radius 1 is 1.29 bits per heavy atom. The third-order valence-corrected chi connectivity index (χ3v) is 3.43. The van der Waals surface area contributed by atoms with Crippen LogP contribution in [-0.4, -0.2) is 10.9 Å². The van der Waals surface area contributed by atoms with Gasteiger partial charge in [-0.1, -0.05) is 11.2 Å². The Morgan fingerprint density at radius 3 is 2.79 bits per heavy atom. The van der Waals surface area contributed by atoms with Crippen LogP contribution in [0.2, 0.25) is 0 Å². The molecule has 0 aromatic heterocycles. The summed E-state index contributed by atoms with van der Waals surface area (Å²) in [6.45, 7) is 0. The van der Waals surface area contributed by atoms with Crippen LogP contribution in [0.1, 0.15) is 29.9 Å². The summed E-state index contributed by atoms with van der Waals surface area (Å²) in [6, 6.07) is 5.91. The number of anilines is 1. The minimum absolute atomic E-state index is 0.458. The molecule has 72 valence electrons. The lowest BCUT2D eigenvalue weighted by Crippen LogP contribution is -2.36. The van der Waals surface area contributed by atoms with Crippen LogP contribution in [0.25, 0.3) is 0 Å². The fourth-order valence-corrected chi connectivity index (χ4v) is 2.60. The zero-order chi connectivity index (χ0) is 9.71. The van der Waals surface area contributed by atoms with Gasteiger partial charge in [0.1, 0.15) is 0 Å². The molecule has 1 fully saturated rings. The Hall–Kier alpha value is -1.51. The van der Waals surface area contributed by atoms with Crippen LogP contribution in [-0.2, 0) is 0 Å². The minimum atomic E-state index is 0.458. The number of oxime groups is 1. The second kappa shape index (κ2) is 2.50. The molecule has 0 spiro atoms. The lowest BCUT2D eigenvalue weighted by atomic mass is 9.61. The van der Waals surface area contributed by atoms with Crippen LogP contribution < -0.4 is 5.73 Å². The van der Waals surface area contributed by atoms with Crippen molar-refractivity contribution in [2.75, 3.05) is 5.73 Å². The standard InChI is InChI=1S/C11H12N2O/c12-8-1-2-9-6-3-7(4-6)11(13-14)10(9)5-8/h1-2,5-7,14H,3-4,12H2/b13-11-. The summed E-state index contributed by atoms with van der Waals surface area (Å²) in [4.78, 5) is 0. The van der Waals surface area contributed by atoms with Gasteiger partial charge in [0.2, 0.25) is 0 Å². The maximum absolute atomic E-state index is 8.97. The Balaban J connectivity index is 2.22. The second-order valence-electron chi connectivity index (χ2n) is 4.20. The fraction of sp³-hybridized carbons (Fsp3) is 0.364. The number of rotatable bonds is 0. The highest BCUT2D eigenvalue weighted by Gasteiger charge is 2.41. The molecule has 3 nitrogen and oxygen atoms in total. The first-order chi connectivity index (χ1) is 6.79. The fourth-order valence-electron chi connectivity index (χ4n) is 2.60. The van der Waals surface area contributed by atoms with Gasteiger partial charge in [0.05, 0.1) is 5.71 Å². The van der Waals surface area contributed by atoms with Crippen molar-refractivity contribution in [2.45, 2.75) is 18.8 Å². The molecular weight excluding hydrogens is 176 g/mol. The van der Waals surface area contributed by atoms with Crippen LogP contribution in [0, 0.1) is 5.92 Å². The highest BCUT2D eigenvalue weighted by Crippen LogP contribution is 2.50. The van der Waals surface area contributed by atoms with E-state index < -0.39 is 0 Å². The zero-order valence-corrected chi connectivity index (χ0v) is 7.77. The molecule has 0 heterocycles. The highest BCUT2D eigenvalue weighted by molar-refractivity contribution is 6.06. The van der Waals surface area contributed by atoms with Gasteiger partial charge in [0.25, 0.3) is 0 Å². The monoisotopic (exact) mass is 188 g/mol. The highest BCUT2D eigenvalue weighted by atomic mass is 16.4. The summed E-state index contributed by atoms with van der Waals surface area (Å²) in [5, 5.41) is 12.4. The second-order valence-corrected chi connectivity index (χ2v) is 4.20. The van der Waals surface area contributed by atoms with E-state index in [-0.39, 0.29) is 0 Å². The number of nitrogens with zero attached hydrogens (tertiary/aromatic N) is 1. The van der Waals surface area contributed by atoms with Gasteiger partial charge < -0.3 is 10.9 Å². The van der Waals surface area contributed by atoms with Gasteiger partial charge in [-0.3, -0.25) is 0 Å². The van der Waals surface area contributed by atoms with Gasteiger partial charge >= 0.3 is 0 Å². The van der Waals surface area contributed by atoms with Crippen molar-refractivity contribution in [3.8, 4) is 0 Å². The van der Waals surface area contributed by atoms with Crippen molar-refractivity contribution < 1.29 is 5.21 Å². The first-order valence-electron chi connectivity index (χ1n) is 4.91. The summed E-state index contributed by atoms with van der Waals surface area (Å²) >= 11 is 0. The van der Waals surface area contributed by atoms with E-state index in [0.29, 0.717) is 11.8 Å². The van der Waals surface area contributed by atoms with Crippen molar-refractivity contribution in [3.05, 3.63) is 29.3 Å². The van der Waals surface area contributed by atoms with Gasteiger partial charge in [-0.2, -0.15) is 0 Å². The van der Waals surface area contributed by atoms with E-state index in [2.05, 4.69) is 11.2 Å². The summed E-state index contributed by atoms with van der Waals surface area (Å²) in [6.07, 6.45) is 2.27. The maximum Gasteiger partial charge on any atom is 0.0902 e. The predicted molar refractivity (Wildman–Crippen MR) is 54.6 cm³/mol. The third-order valence-electron chi connectivity index (χ3n) is 3.43. The third kappa shape index (κ3) is 0.842. The predicted octanol–water partition coefficient (Wildman–Crippen LogP) is 1.95. The largest absolute Gasteiger partial charge is 0.411 e. The van der Waals surface area contributed by atoms with Crippen LogP contribution in [0.4, 0.5) is 5.69 Å². The molecule has 2 bridgehead atoms. The van der Waals surface area contributed by atoms with E-state index >= 15 is 0 Å². The van der Waals surface area contributed by atoms with Gasteiger partial charge in [-0.15, -0.1) is 0 Å². The van der Waals surface area contributed by atoms with Gasteiger partial charge in [0, 0.05) is 17.2 Å². The molecule has 0 saturated heterocycles. The molecule has 0 amide bonds. The Kier molecular flexibility index (Phi) is 1.40. The first-order valence-corrected chi connectivity index (χ1v) is 4.91. The smallest absolute Gasteiger partial charge is 0.0902 e. The minimum Gasteiger partial charge on any atom is -0.411 e. The molecule has 0 radical (unpaired) electrons. The molecule has 0 aliphatic heterocycles. The van der Waals surface area contributed by atoms with Crippen molar-refractivity contribution in [1.82, 2.24) is 0 Å². The van der Waals surface area contributed by atoms with Crippen LogP contribution in [0.15, 0.2) is 23.4 Å². The summed E-state index contributed by atoms with van der Waals surface area (Å²) in [5.41, 5.74) is 9.65.